The highest BCUT2D eigenvalue weighted by atomic mass is 32.1. The van der Waals surface area contributed by atoms with E-state index in [1.165, 1.54) is 23.7 Å². The molecule has 0 fully saturated rings. The van der Waals surface area contributed by atoms with Gasteiger partial charge in [0.1, 0.15) is 6.10 Å². The summed E-state index contributed by atoms with van der Waals surface area (Å²) >= 11 is 3.14. The molecule has 26 heavy (non-hydrogen) atoms. The molecule has 0 radical (unpaired) electrons. The second kappa shape index (κ2) is 7.28. The lowest BCUT2D eigenvalue weighted by atomic mass is 10.2. The zero-order valence-electron chi connectivity index (χ0n) is 13.4. The lowest BCUT2D eigenvalue weighted by Crippen LogP contribution is -2.28. The standard InChI is InChI=1S/C18H14N2O4S2/c21-13(17-4-3-16(26-17)11-5-7-25-10-11)9-19-18(22)12-8-15(24-20-12)14-2-1-6-23-14/h1-8,10,13,21H,9H2,(H,19,22). The van der Waals surface area contributed by atoms with Gasteiger partial charge in [-0.2, -0.15) is 11.3 Å². The fourth-order valence-corrected chi connectivity index (χ4v) is 4.11. The maximum atomic E-state index is 12.2. The van der Waals surface area contributed by atoms with E-state index in [4.69, 9.17) is 8.94 Å². The molecule has 0 bridgehead atoms. The van der Waals surface area contributed by atoms with Crippen molar-refractivity contribution in [3.05, 3.63) is 64.0 Å². The number of thiophene rings is 2. The van der Waals surface area contributed by atoms with Crippen LogP contribution in [0.2, 0.25) is 0 Å². The second-order valence-corrected chi connectivity index (χ2v) is 7.39. The first-order valence-corrected chi connectivity index (χ1v) is 9.56. The van der Waals surface area contributed by atoms with E-state index in [0.717, 1.165) is 15.3 Å². The molecule has 0 aromatic carbocycles. The fraction of sp³-hybridized carbons (Fsp3) is 0.111. The molecule has 4 aromatic rings. The minimum Gasteiger partial charge on any atom is -0.461 e. The molecule has 0 aliphatic heterocycles. The molecule has 1 atom stereocenters. The highest BCUT2D eigenvalue weighted by Gasteiger charge is 2.17. The summed E-state index contributed by atoms with van der Waals surface area (Å²) in [5.74, 6) is 0.454. The van der Waals surface area contributed by atoms with Gasteiger partial charge in [-0.3, -0.25) is 4.79 Å². The first-order chi connectivity index (χ1) is 12.7. The zero-order valence-corrected chi connectivity index (χ0v) is 15.0. The van der Waals surface area contributed by atoms with Gasteiger partial charge in [0, 0.05) is 27.9 Å². The molecule has 0 saturated carbocycles. The van der Waals surface area contributed by atoms with Gasteiger partial charge in [-0.15, -0.1) is 11.3 Å². The van der Waals surface area contributed by atoms with Crippen molar-refractivity contribution in [1.29, 1.82) is 0 Å². The van der Waals surface area contributed by atoms with E-state index < -0.39 is 12.0 Å². The van der Waals surface area contributed by atoms with E-state index in [0.29, 0.717) is 11.5 Å². The predicted molar refractivity (Wildman–Crippen MR) is 99.1 cm³/mol. The fourth-order valence-electron chi connectivity index (χ4n) is 2.39. The Hall–Kier alpha value is -2.68. The van der Waals surface area contributed by atoms with Crippen molar-refractivity contribution in [3.63, 3.8) is 0 Å². The van der Waals surface area contributed by atoms with E-state index in [9.17, 15) is 9.90 Å². The minimum atomic E-state index is -0.784. The number of carbonyl (C=O) groups excluding carboxylic acids is 1. The summed E-state index contributed by atoms with van der Waals surface area (Å²) in [4.78, 5) is 14.1. The van der Waals surface area contributed by atoms with Crippen LogP contribution in [0.1, 0.15) is 21.5 Å². The van der Waals surface area contributed by atoms with Gasteiger partial charge in [-0.25, -0.2) is 0 Å². The Kier molecular flexibility index (Phi) is 4.70. The molecule has 4 heterocycles. The van der Waals surface area contributed by atoms with Crippen LogP contribution in [0, 0.1) is 0 Å². The van der Waals surface area contributed by atoms with E-state index in [1.807, 2.05) is 23.6 Å². The second-order valence-electron chi connectivity index (χ2n) is 5.49. The van der Waals surface area contributed by atoms with Gasteiger partial charge in [0.05, 0.1) is 6.26 Å². The summed E-state index contributed by atoms with van der Waals surface area (Å²) in [5.41, 5.74) is 1.27. The molecule has 6 nitrogen and oxygen atoms in total. The number of carbonyl (C=O) groups is 1. The maximum Gasteiger partial charge on any atom is 0.273 e. The molecule has 0 aliphatic carbocycles. The molecule has 0 spiro atoms. The Morgan fingerprint density at radius 1 is 1.27 bits per heavy atom. The highest BCUT2D eigenvalue weighted by Crippen LogP contribution is 2.32. The van der Waals surface area contributed by atoms with Crippen LogP contribution >= 0.6 is 22.7 Å². The van der Waals surface area contributed by atoms with Gasteiger partial charge in [0.25, 0.3) is 5.91 Å². The third-order valence-corrected chi connectivity index (χ3v) is 5.64. The first-order valence-electron chi connectivity index (χ1n) is 7.80. The van der Waals surface area contributed by atoms with Crippen LogP contribution in [-0.2, 0) is 0 Å². The summed E-state index contributed by atoms with van der Waals surface area (Å²) < 4.78 is 10.3. The Labute approximate surface area is 156 Å². The Morgan fingerprint density at radius 2 is 2.19 bits per heavy atom. The number of aliphatic hydroxyl groups excluding tert-OH is 1. The van der Waals surface area contributed by atoms with E-state index >= 15 is 0 Å². The number of hydrogen-bond acceptors (Lipinski definition) is 7. The number of aliphatic hydroxyl groups is 1. The number of nitrogens with one attached hydrogen (secondary N) is 1. The van der Waals surface area contributed by atoms with Crippen molar-refractivity contribution in [2.24, 2.45) is 0 Å². The molecule has 4 rings (SSSR count). The summed E-state index contributed by atoms with van der Waals surface area (Å²) in [6, 6.07) is 10.8. The van der Waals surface area contributed by atoms with Crippen LogP contribution in [0.4, 0.5) is 0 Å². The summed E-state index contributed by atoms with van der Waals surface area (Å²) in [5, 5.41) is 20.8. The van der Waals surface area contributed by atoms with Gasteiger partial charge in [-0.05, 0) is 41.1 Å². The minimum absolute atomic E-state index is 0.0887. The maximum absolute atomic E-state index is 12.2. The molecule has 1 amide bonds. The van der Waals surface area contributed by atoms with Crippen LogP contribution in [0.5, 0.6) is 0 Å². The molecule has 2 N–H and O–H groups in total. The van der Waals surface area contributed by atoms with Gasteiger partial charge in [-0.1, -0.05) is 5.16 Å². The van der Waals surface area contributed by atoms with Crippen molar-refractivity contribution < 1.29 is 18.8 Å². The van der Waals surface area contributed by atoms with Crippen LogP contribution in [0.25, 0.3) is 22.0 Å². The van der Waals surface area contributed by atoms with Crippen molar-refractivity contribution in [2.45, 2.75) is 6.10 Å². The number of amides is 1. The Bertz CT molecular complexity index is 986. The number of aromatic nitrogens is 1. The topological polar surface area (TPSA) is 88.5 Å². The summed E-state index contributed by atoms with van der Waals surface area (Å²) in [7, 11) is 0. The van der Waals surface area contributed by atoms with Gasteiger partial charge in [0.2, 0.25) is 5.76 Å². The third kappa shape index (κ3) is 3.48. The molecule has 4 aromatic heterocycles. The molecule has 0 aliphatic rings. The largest absolute Gasteiger partial charge is 0.461 e. The SMILES string of the molecule is O=C(NCC(O)c1ccc(-c2ccsc2)s1)c1cc(-c2ccco2)on1. The molecule has 8 heteroatoms. The van der Waals surface area contributed by atoms with Crippen molar-refractivity contribution in [3.8, 4) is 22.0 Å². The Morgan fingerprint density at radius 3 is 2.96 bits per heavy atom. The lowest BCUT2D eigenvalue weighted by molar-refractivity contribution is 0.0909. The van der Waals surface area contributed by atoms with Crippen LogP contribution < -0.4 is 5.32 Å². The molecule has 0 saturated heterocycles. The Balaban J connectivity index is 1.37. The van der Waals surface area contributed by atoms with Crippen LogP contribution in [-0.4, -0.2) is 22.7 Å². The lowest BCUT2D eigenvalue weighted by Gasteiger charge is -2.08. The molecule has 1 unspecified atom stereocenters. The predicted octanol–water partition coefficient (Wildman–Crippen LogP) is 4.19. The van der Waals surface area contributed by atoms with E-state index in [2.05, 4.69) is 15.9 Å². The van der Waals surface area contributed by atoms with E-state index in [-0.39, 0.29) is 12.2 Å². The smallest absolute Gasteiger partial charge is 0.273 e. The van der Waals surface area contributed by atoms with Crippen molar-refractivity contribution >= 4 is 28.6 Å². The number of furan rings is 1. The van der Waals surface area contributed by atoms with Gasteiger partial charge < -0.3 is 19.4 Å². The van der Waals surface area contributed by atoms with E-state index in [1.54, 1.807) is 23.5 Å². The van der Waals surface area contributed by atoms with Crippen LogP contribution in [0.3, 0.4) is 0 Å². The van der Waals surface area contributed by atoms with Gasteiger partial charge in [0.15, 0.2) is 11.5 Å². The van der Waals surface area contributed by atoms with Crippen LogP contribution in [0.15, 0.2) is 62.4 Å². The normalized spacial score (nSPS) is 12.2. The summed E-state index contributed by atoms with van der Waals surface area (Å²) in [6.07, 6.45) is 0.729. The monoisotopic (exact) mass is 386 g/mol. The average Bonchev–Trinajstić information content (AvgIpc) is 3.42. The molecular weight excluding hydrogens is 372 g/mol. The number of nitrogens with zero attached hydrogens (tertiary/aromatic N) is 1. The third-order valence-electron chi connectivity index (χ3n) is 3.72. The molecular formula is C18H14N2O4S2. The number of hydrogen-bond donors (Lipinski definition) is 2. The van der Waals surface area contributed by atoms with Crippen molar-refractivity contribution in [1.82, 2.24) is 10.5 Å². The average molecular weight is 386 g/mol. The summed E-state index contributed by atoms with van der Waals surface area (Å²) in [6.45, 7) is 0.0887. The first kappa shape index (κ1) is 16.8. The zero-order chi connectivity index (χ0) is 17.9. The van der Waals surface area contributed by atoms with Gasteiger partial charge >= 0.3 is 0 Å². The quantitative estimate of drug-likeness (QED) is 0.519. The molecule has 132 valence electrons. The number of rotatable bonds is 6. The highest BCUT2D eigenvalue weighted by molar-refractivity contribution is 7.16. The van der Waals surface area contributed by atoms with Crippen molar-refractivity contribution in [2.75, 3.05) is 6.54 Å².